The van der Waals surface area contributed by atoms with Crippen LogP contribution in [0, 0.1) is 5.82 Å². The Balaban J connectivity index is 1.26. The van der Waals surface area contributed by atoms with Crippen molar-refractivity contribution < 1.29 is 40.6 Å². The lowest BCUT2D eigenvalue weighted by Crippen LogP contribution is -2.53. The van der Waals surface area contributed by atoms with Crippen LogP contribution < -0.4 is 19.5 Å². The van der Waals surface area contributed by atoms with Crippen LogP contribution in [0.4, 0.5) is 13.2 Å². The Morgan fingerprint density at radius 2 is 1.68 bits per heavy atom. The number of amides is 1. The van der Waals surface area contributed by atoms with Gasteiger partial charge in [-0.05, 0) is 36.6 Å². The summed E-state index contributed by atoms with van der Waals surface area (Å²) in [6.07, 6.45) is -0.354. The molecule has 2 aromatic rings. The Bertz CT molecular complexity index is 1390. The van der Waals surface area contributed by atoms with Crippen molar-refractivity contribution in [1.82, 2.24) is 9.62 Å². The zero-order valence-corrected chi connectivity index (χ0v) is 20.7. The van der Waals surface area contributed by atoms with E-state index in [1.807, 2.05) is 0 Å². The number of ether oxygens (including phenoxy) is 3. The summed E-state index contributed by atoms with van der Waals surface area (Å²) in [5.41, 5.74) is -0.484. The van der Waals surface area contributed by atoms with Crippen molar-refractivity contribution in [2.45, 2.75) is 55.5 Å². The molecule has 6 rings (SSSR count). The van der Waals surface area contributed by atoms with E-state index in [1.54, 1.807) is 12.1 Å². The van der Waals surface area contributed by atoms with Gasteiger partial charge in [-0.25, -0.2) is 17.1 Å². The first kappa shape index (κ1) is 24.4. The minimum atomic E-state index is -3.75. The van der Waals surface area contributed by atoms with Gasteiger partial charge in [0.15, 0.2) is 11.5 Å². The molecule has 1 unspecified atom stereocenters. The van der Waals surface area contributed by atoms with E-state index in [-0.39, 0.29) is 30.5 Å². The van der Waals surface area contributed by atoms with E-state index in [1.165, 1.54) is 28.6 Å². The van der Waals surface area contributed by atoms with Gasteiger partial charge in [0.2, 0.25) is 15.9 Å². The molecule has 1 saturated carbocycles. The highest BCUT2D eigenvalue weighted by molar-refractivity contribution is 7.88. The van der Waals surface area contributed by atoms with Crippen molar-refractivity contribution in [2.24, 2.45) is 0 Å². The molecule has 0 bridgehead atoms. The molecular weight excluding hydrogens is 513 g/mol. The van der Waals surface area contributed by atoms with Gasteiger partial charge in [0.1, 0.15) is 17.2 Å². The van der Waals surface area contributed by atoms with Gasteiger partial charge < -0.3 is 19.5 Å². The third-order valence-corrected chi connectivity index (χ3v) is 9.10. The van der Waals surface area contributed by atoms with E-state index in [4.69, 9.17) is 4.74 Å². The normalized spacial score (nSPS) is 24.7. The van der Waals surface area contributed by atoms with Crippen LogP contribution in [0.5, 0.6) is 17.2 Å². The average Bonchev–Trinajstić information content (AvgIpc) is 3.55. The smallest absolute Gasteiger partial charge is 0.487 e. The van der Waals surface area contributed by atoms with Crippen LogP contribution >= 0.6 is 0 Å². The molecule has 198 valence electrons. The number of hydrogen-bond donors (Lipinski definition) is 1. The number of alkyl halides is 2. The number of sulfonamides is 1. The van der Waals surface area contributed by atoms with Crippen molar-refractivity contribution >= 4 is 15.9 Å². The average molecular weight is 539 g/mol. The Hall–Kier alpha value is -2.99. The zero-order chi connectivity index (χ0) is 26.2. The van der Waals surface area contributed by atoms with Crippen molar-refractivity contribution in [1.29, 1.82) is 0 Å². The SMILES string of the molecule is CS(=O)(=O)N1CCC2(CC1)CC(NC(=O)C1(c3ccc4c(c3)OC(F)(F)O4)CC1)c1ccc(F)cc1O2. The standard InChI is InChI=1S/C25H25F3N2O6S/c1-37(32,33)30-10-8-23(9-11-30)14-18(17-4-3-16(26)13-20(17)34-23)29-22(31)24(6-7-24)15-2-5-19-21(12-15)36-25(27,28)35-19/h2-5,12-13,18H,6-11,14H2,1H3,(H,29,31). The first-order valence-electron chi connectivity index (χ1n) is 12.0. The summed E-state index contributed by atoms with van der Waals surface area (Å²) in [5.74, 6) is -0.647. The number of nitrogens with zero attached hydrogens (tertiary/aromatic N) is 1. The second-order valence-electron chi connectivity index (χ2n) is 10.3. The molecule has 1 saturated heterocycles. The maximum absolute atomic E-state index is 14.1. The third-order valence-electron chi connectivity index (χ3n) is 7.80. The number of hydrogen-bond acceptors (Lipinski definition) is 6. The molecule has 0 aromatic heterocycles. The molecular formula is C25H25F3N2O6S. The third kappa shape index (κ3) is 4.29. The number of piperidine rings is 1. The number of benzene rings is 2. The van der Waals surface area contributed by atoms with Crippen LogP contribution in [0.2, 0.25) is 0 Å². The molecule has 1 amide bonds. The van der Waals surface area contributed by atoms with E-state index >= 15 is 0 Å². The van der Waals surface area contributed by atoms with Gasteiger partial charge in [-0.15, -0.1) is 8.78 Å². The Morgan fingerprint density at radius 1 is 0.973 bits per heavy atom. The molecule has 1 N–H and O–H groups in total. The van der Waals surface area contributed by atoms with Crippen LogP contribution in [-0.4, -0.2) is 49.9 Å². The quantitative estimate of drug-likeness (QED) is 0.640. The summed E-state index contributed by atoms with van der Waals surface area (Å²) in [5, 5.41) is 3.10. The number of nitrogens with one attached hydrogen (secondary N) is 1. The molecule has 0 radical (unpaired) electrons. The number of fused-ring (bicyclic) bond motifs is 2. The van der Waals surface area contributed by atoms with Crippen molar-refractivity contribution in [3.8, 4) is 17.2 Å². The van der Waals surface area contributed by atoms with E-state index in [0.29, 0.717) is 49.0 Å². The molecule has 12 heteroatoms. The summed E-state index contributed by atoms with van der Waals surface area (Å²) in [7, 11) is -3.35. The van der Waals surface area contributed by atoms with Gasteiger partial charge in [-0.1, -0.05) is 12.1 Å². The van der Waals surface area contributed by atoms with Crippen LogP contribution in [0.1, 0.15) is 49.3 Å². The molecule has 3 heterocycles. The summed E-state index contributed by atoms with van der Waals surface area (Å²) in [4.78, 5) is 13.6. The lowest BCUT2D eigenvalue weighted by atomic mass is 9.80. The Labute approximate surface area is 211 Å². The van der Waals surface area contributed by atoms with E-state index < -0.39 is 39.2 Å². The molecule has 3 aliphatic heterocycles. The number of halogens is 3. The van der Waals surface area contributed by atoms with Crippen LogP contribution in [-0.2, 0) is 20.2 Å². The highest BCUT2D eigenvalue weighted by atomic mass is 32.2. The molecule has 2 aromatic carbocycles. The topological polar surface area (TPSA) is 94.2 Å². The maximum atomic E-state index is 14.1. The van der Waals surface area contributed by atoms with Gasteiger partial charge in [0.05, 0.1) is 17.7 Å². The second-order valence-corrected chi connectivity index (χ2v) is 12.3. The minimum Gasteiger partial charge on any atom is -0.487 e. The molecule has 37 heavy (non-hydrogen) atoms. The van der Waals surface area contributed by atoms with E-state index in [2.05, 4.69) is 14.8 Å². The summed E-state index contributed by atoms with van der Waals surface area (Å²) in [6.45, 7) is 0.520. The van der Waals surface area contributed by atoms with Gasteiger partial charge in [-0.3, -0.25) is 4.79 Å². The number of carbonyl (C=O) groups excluding carboxylic acids is 1. The van der Waals surface area contributed by atoms with Crippen LogP contribution in [0.3, 0.4) is 0 Å². The molecule has 8 nitrogen and oxygen atoms in total. The Kier molecular flexibility index (Phi) is 5.27. The van der Waals surface area contributed by atoms with Crippen molar-refractivity contribution in [2.75, 3.05) is 19.3 Å². The fourth-order valence-electron chi connectivity index (χ4n) is 5.62. The van der Waals surface area contributed by atoms with E-state index in [9.17, 15) is 26.4 Å². The molecule has 4 aliphatic rings. The lowest BCUT2D eigenvalue weighted by Gasteiger charge is -2.46. The highest BCUT2D eigenvalue weighted by Crippen LogP contribution is 2.53. The monoisotopic (exact) mass is 538 g/mol. The maximum Gasteiger partial charge on any atom is 0.586 e. The van der Waals surface area contributed by atoms with E-state index in [0.717, 1.165) is 6.26 Å². The predicted octanol–water partition coefficient (Wildman–Crippen LogP) is 3.61. The Morgan fingerprint density at radius 3 is 2.35 bits per heavy atom. The fourth-order valence-corrected chi connectivity index (χ4v) is 6.46. The summed E-state index contributed by atoms with van der Waals surface area (Å²) >= 11 is 0. The van der Waals surface area contributed by atoms with Gasteiger partial charge >= 0.3 is 6.29 Å². The van der Waals surface area contributed by atoms with Gasteiger partial charge in [0, 0.05) is 44.0 Å². The second kappa shape index (κ2) is 8.00. The van der Waals surface area contributed by atoms with Crippen molar-refractivity contribution in [3.63, 3.8) is 0 Å². The van der Waals surface area contributed by atoms with Gasteiger partial charge in [0.25, 0.3) is 0 Å². The molecule has 2 fully saturated rings. The first-order chi connectivity index (χ1) is 17.4. The highest BCUT2D eigenvalue weighted by Gasteiger charge is 2.54. The summed E-state index contributed by atoms with van der Waals surface area (Å²) < 4.78 is 81.7. The molecule has 1 atom stereocenters. The molecule has 1 spiro atoms. The number of rotatable bonds is 4. The zero-order valence-electron chi connectivity index (χ0n) is 19.9. The fraction of sp³-hybridized carbons (Fsp3) is 0.480. The van der Waals surface area contributed by atoms with Gasteiger partial charge in [-0.2, -0.15) is 0 Å². The predicted molar refractivity (Wildman–Crippen MR) is 124 cm³/mol. The van der Waals surface area contributed by atoms with Crippen molar-refractivity contribution in [3.05, 3.63) is 53.3 Å². The summed E-state index contributed by atoms with van der Waals surface area (Å²) in [6, 6.07) is 8.04. The number of carbonyl (C=O) groups is 1. The first-order valence-corrected chi connectivity index (χ1v) is 13.9. The minimum absolute atomic E-state index is 0.0901. The molecule has 1 aliphatic carbocycles. The van der Waals surface area contributed by atoms with Crippen LogP contribution in [0.15, 0.2) is 36.4 Å². The van der Waals surface area contributed by atoms with Crippen LogP contribution in [0.25, 0.3) is 0 Å². The lowest BCUT2D eigenvalue weighted by molar-refractivity contribution is -0.286. The largest absolute Gasteiger partial charge is 0.586 e.